The van der Waals surface area contributed by atoms with Crippen molar-refractivity contribution in [1.82, 2.24) is 14.9 Å². The SMILES string of the molecule is Cc1ccc(OCCNC(=O)Cn2cnc3c(C)cccc3c2=O)cc1. The maximum absolute atomic E-state index is 12.5. The van der Waals surface area contributed by atoms with E-state index in [9.17, 15) is 9.59 Å². The number of hydrogen-bond donors (Lipinski definition) is 1. The van der Waals surface area contributed by atoms with Crippen molar-refractivity contribution in [3.63, 3.8) is 0 Å². The van der Waals surface area contributed by atoms with Crippen LogP contribution in [0.25, 0.3) is 10.9 Å². The average Bonchev–Trinajstić information content (AvgIpc) is 2.63. The summed E-state index contributed by atoms with van der Waals surface area (Å²) in [7, 11) is 0. The number of benzene rings is 2. The highest BCUT2D eigenvalue weighted by atomic mass is 16.5. The van der Waals surface area contributed by atoms with Crippen molar-refractivity contribution in [2.75, 3.05) is 13.2 Å². The summed E-state index contributed by atoms with van der Waals surface area (Å²) in [6.45, 7) is 4.56. The van der Waals surface area contributed by atoms with E-state index < -0.39 is 0 Å². The first kappa shape index (κ1) is 17.7. The Morgan fingerprint density at radius 1 is 1.15 bits per heavy atom. The zero-order chi connectivity index (χ0) is 18.5. The smallest absolute Gasteiger partial charge is 0.261 e. The molecule has 1 aromatic heterocycles. The van der Waals surface area contributed by atoms with Crippen LogP contribution < -0.4 is 15.6 Å². The zero-order valence-corrected chi connectivity index (χ0v) is 14.9. The molecule has 1 amide bonds. The number of ether oxygens (including phenoxy) is 1. The topological polar surface area (TPSA) is 73.2 Å². The lowest BCUT2D eigenvalue weighted by atomic mass is 10.1. The Hall–Kier alpha value is -3.15. The molecule has 0 radical (unpaired) electrons. The molecule has 0 bridgehead atoms. The van der Waals surface area contributed by atoms with Gasteiger partial charge in [0, 0.05) is 0 Å². The molecular formula is C20H21N3O3. The molecule has 6 heteroatoms. The van der Waals surface area contributed by atoms with E-state index in [2.05, 4.69) is 10.3 Å². The van der Waals surface area contributed by atoms with Crippen molar-refractivity contribution in [3.05, 3.63) is 70.3 Å². The van der Waals surface area contributed by atoms with Crippen LogP contribution in [0.5, 0.6) is 5.75 Å². The molecule has 3 rings (SSSR count). The Morgan fingerprint density at radius 2 is 1.92 bits per heavy atom. The van der Waals surface area contributed by atoms with E-state index in [4.69, 9.17) is 4.74 Å². The van der Waals surface area contributed by atoms with Crippen molar-refractivity contribution >= 4 is 16.8 Å². The Bertz CT molecular complexity index is 978. The molecule has 3 aromatic rings. The van der Waals surface area contributed by atoms with Gasteiger partial charge < -0.3 is 10.1 Å². The molecule has 0 saturated carbocycles. The Labute approximate surface area is 151 Å². The summed E-state index contributed by atoms with van der Waals surface area (Å²) < 4.78 is 6.88. The highest BCUT2D eigenvalue weighted by molar-refractivity contribution is 5.81. The average molecular weight is 351 g/mol. The molecular weight excluding hydrogens is 330 g/mol. The monoisotopic (exact) mass is 351 g/mol. The molecule has 0 aliphatic rings. The van der Waals surface area contributed by atoms with Gasteiger partial charge in [0.1, 0.15) is 18.9 Å². The van der Waals surface area contributed by atoms with Crippen molar-refractivity contribution in [2.24, 2.45) is 0 Å². The molecule has 0 atom stereocenters. The number of carbonyl (C=O) groups is 1. The van der Waals surface area contributed by atoms with E-state index in [0.29, 0.717) is 24.1 Å². The van der Waals surface area contributed by atoms with Crippen LogP contribution >= 0.6 is 0 Å². The van der Waals surface area contributed by atoms with Gasteiger partial charge in [0.05, 0.1) is 23.8 Å². The van der Waals surface area contributed by atoms with E-state index in [1.54, 1.807) is 6.07 Å². The number of aromatic nitrogens is 2. The molecule has 1 N–H and O–H groups in total. The zero-order valence-electron chi connectivity index (χ0n) is 14.9. The number of hydrogen-bond acceptors (Lipinski definition) is 4. The molecule has 134 valence electrons. The van der Waals surface area contributed by atoms with Crippen LogP contribution in [0.4, 0.5) is 0 Å². The van der Waals surface area contributed by atoms with E-state index in [1.807, 2.05) is 50.2 Å². The Balaban J connectivity index is 1.55. The number of fused-ring (bicyclic) bond motifs is 1. The van der Waals surface area contributed by atoms with Gasteiger partial charge in [0.2, 0.25) is 5.91 Å². The third kappa shape index (κ3) is 4.08. The van der Waals surface area contributed by atoms with Crippen molar-refractivity contribution in [3.8, 4) is 5.75 Å². The number of para-hydroxylation sites is 1. The van der Waals surface area contributed by atoms with Crippen LogP contribution in [0.1, 0.15) is 11.1 Å². The summed E-state index contributed by atoms with van der Waals surface area (Å²) in [6, 6.07) is 13.2. The fourth-order valence-corrected chi connectivity index (χ4v) is 2.65. The molecule has 0 saturated heterocycles. The van der Waals surface area contributed by atoms with Gasteiger partial charge in [-0.05, 0) is 37.6 Å². The third-order valence-corrected chi connectivity index (χ3v) is 4.08. The third-order valence-electron chi connectivity index (χ3n) is 4.08. The highest BCUT2D eigenvalue weighted by Gasteiger charge is 2.09. The fourth-order valence-electron chi connectivity index (χ4n) is 2.65. The van der Waals surface area contributed by atoms with Crippen molar-refractivity contribution in [2.45, 2.75) is 20.4 Å². The van der Waals surface area contributed by atoms with Gasteiger partial charge in [0.25, 0.3) is 5.56 Å². The molecule has 2 aromatic carbocycles. The lowest BCUT2D eigenvalue weighted by molar-refractivity contribution is -0.121. The molecule has 0 aliphatic heterocycles. The van der Waals surface area contributed by atoms with Gasteiger partial charge in [-0.15, -0.1) is 0 Å². The van der Waals surface area contributed by atoms with Gasteiger partial charge in [0.15, 0.2) is 0 Å². The standard InChI is InChI=1S/C20H21N3O3/c1-14-6-8-16(9-7-14)26-11-10-21-18(24)12-23-13-22-19-15(2)4-3-5-17(19)20(23)25/h3-9,13H,10-12H2,1-2H3,(H,21,24). The number of amides is 1. The lowest BCUT2D eigenvalue weighted by Gasteiger charge is -2.10. The quantitative estimate of drug-likeness (QED) is 0.691. The number of nitrogens with zero attached hydrogens (tertiary/aromatic N) is 2. The van der Waals surface area contributed by atoms with Gasteiger partial charge in [-0.1, -0.05) is 29.8 Å². The summed E-state index contributed by atoms with van der Waals surface area (Å²) in [4.78, 5) is 28.8. The van der Waals surface area contributed by atoms with Crippen LogP contribution in [0.15, 0.2) is 53.6 Å². The first-order chi connectivity index (χ1) is 12.5. The molecule has 26 heavy (non-hydrogen) atoms. The van der Waals surface area contributed by atoms with Gasteiger partial charge in [-0.3, -0.25) is 14.2 Å². The van der Waals surface area contributed by atoms with E-state index in [1.165, 1.54) is 10.9 Å². The van der Waals surface area contributed by atoms with Crippen molar-refractivity contribution < 1.29 is 9.53 Å². The second-order valence-corrected chi connectivity index (χ2v) is 6.16. The molecule has 0 aliphatic carbocycles. The van der Waals surface area contributed by atoms with Crippen LogP contribution in [-0.2, 0) is 11.3 Å². The van der Waals surface area contributed by atoms with Crippen LogP contribution in [0.3, 0.4) is 0 Å². The molecule has 0 spiro atoms. The minimum atomic E-state index is -0.256. The van der Waals surface area contributed by atoms with Gasteiger partial charge in [-0.2, -0.15) is 0 Å². The van der Waals surface area contributed by atoms with Crippen LogP contribution in [-0.4, -0.2) is 28.6 Å². The second-order valence-electron chi connectivity index (χ2n) is 6.16. The molecule has 6 nitrogen and oxygen atoms in total. The van der Waals surface area contributed by atoms with Crippen molar-refractivity contribution in [1.29, 1.82) is 0 Å². The fraction of sp³-hybridized carbons (Fsp3) is 0.250. The summed E-state index contributed by atoms with van der Waals surface area (Å²) in [5.41, 5.74) is 2.55. The first-order valence-corrected chi connectivity index (χ1v) is 8.45. The largest absolute Gasteiger partial charge is 0.492 e. The van der Waals surface area contributed by atoms with Crippen LogP contribution in [0, 0.1) is 13.8 Å². The maximum atomic E-state index is 12.5. The lowest BCUT2D eigenvalue weighted by Crippen LogP contribution is -2.34. The minimum Gasteiger partial charge on any atom is -0.492 e. The number of carbonyl (C=O) groups excluding carboxylic acids is 1. The summed E-state index contributed by atoms with van der Waals surface area (Å²) in [5, 5.41) is 3.26. The second kappa shape index (κ2) is 7.82. The van der Waals surface area contributed by atoms with E-state index >= 15 is 0 Å². The maximum Gasteiger partial charge on any atom is 0.261 e. The van der Waals surface area contributed by atoms with Gasteiger partial charge >= 0.3 is 0 Å². The van der Waals surface area contributed by atoms with Crippen LogP contribution in [0.2, 0.25) is 0 Å². The minimum absolute atomic E-state index is 0.0692. The predicted molar refractivity (Wildman–Crippen MR) is 100 cm³/mol. The normalized spacial score (nSPS) is 10.7. The molecule has 0 fully saturated rings. The van der Waals surface area contributed by atoms with E-state index in [-0.39, 0.29) is 18.0 Å². The number of nitrogens with one attached hydrogen (secondary N) is 1. The number of rotatable bonds is 6. The van der Waals surface area contributed by atoms with E-state index in [0.717, 1.165) is 16.9 Å². The Kier molecular flexibility index (Phi) is 5.31. The summed E-state index contributed by atoms with van der Waals surface area (Å²) in [5.74, 6) is 0.503. The first-order valence-electron chi connectivity index (χ1n) is 8.45. The molecule has 1 heterocycles. The number of aryl methyl sites for hydroxylation is 2. The summed E-state index contributed by atoms with van der Waals surface area (Å²) >= 11 is 0. The predicted octanol–water partition coefficient (Wildman–Crippen LogP) is 2.21. The Morgan fingerprint density at radius 3 is 2.69 bits per heavy atom. The highest BCUT2D eigenvalue weighted by Crippen LogP contribution is 2.11. The molecule has 0 unspecified atom stereocenters. The van der Waals surface area contributed by atoms with Gasteiger partial charge in [-0.25, -0.2) is 4.98 Å². The summed E-state index contributed by atoms with van der Waals surface area (Å²) in [6.07, 6.45) is 1.42.